The summed E-state index contributed by atoms with van der Waals surface area (Å²) in [6.45, 7) is 3.87. The molecule has 2 atom stereocenters. The van der Waals surface area contributed by atoms with E-state index in [1.54, 1.807) is 18.5 Å². The van der Waals surface area contributed by atoms with Crippen molar-refractivity contribution in [2.75, 3.05) is 5.32 Å². The number of pyridine rings is 2. The number of hydrogen-bond donors (Lipinski definition) is 2. The van der Waals surface area contributed by atoms with Crippen molar-refractivity contribution < 1.29 is 18.7 Å². The molecule has 1 saturated carbocycles. The van der Waals surface area contributed by atoms with Crippen LogP contribution in [0.25, 0.3) is 21.9 Å². The van der Waals surface area contributed by atoms with Crippen LogP contribution in [0.15, 0.2) is 42.7 Å². The van der Waals surface area contributed by atoms with Gasteiger partial charge in [-0.2, -0.15) is 0 Å². The van der Waals surface area contributed by atoms with Crippen molar-refractivity contribution in [1.82, 2.24) is 9.97 Å². The van der Waals surface area contributed by atoms with E-state index in [1.165, 1.54) is 0 Å². The SMILES string of the molecule is CC[C@@H](O)c1cc(C)c(-c2ccc3cc(NC(=O)[C@H]4CC4(F)F)ncc3c2)cn1. The van der Waals surface area contributed by atoms with Gasteiger partial charge in [0, 0.05) is 29.8 Å². The number of nitrogens with one attached hydrogen (secondary N) is 1. The monoisotopic (exact) mass is 397 g/mol. The molecule has 5 nitrogen and oxygen atoms in total. The lowest BCUT2D eigenvalue weighted by atomic mass is 9.99. The molecule has 2 N–H and O–H groups in total. The molecule has 1 aromatic carbocycles. The number of benzene rings is 1. The molecule has 29 heavy (non-hydrogen) atoms. The zero-order valence-electron chi connectivity index (χ0n) is 16.1. The molecular formula is C22H21F2N3O2. The van der Waals surface area contributed by atoms with Gasteiger partial charge in [-0.3, -0.25) is 9.78 Å². The minimum atomic E-state index is -2.90. The third-order valence-electron chi connectivity index (χ3n) is 5.29. The highest BCUT2D eigenvalue weighted by atomic mass is 19.3. The average molecular weight is 397 g/mol. The quantitative estimate of drug-likeness (QED) is 0.658. The van der Waals surface area contributed by atoms with E-state index in [1.807, 2.05) is 38.1 Å². The number of alkyl halides is 2. The van der Waals surface area contributed by atoms with Crippen LogP contribution in [-0.2, 0) is 4.79 Å². The number of aryl methyl sites for hydroxylation is 1. The predicted molar refractivity (Wildman–Crippen MR) is 107 cm³/mol. The molecule has 2 aromatic heterocycles. The number of anilines is 1. The fourth-order valence-corrected chi connectivity index (χ4v) is 3.36. The van der Waals surface area contributed by atoms with E-state index in [0.717, 1.165) is 27.5 Å². The highest BCUT2D eigenvalue weighted by molar-refractivity contribution is 5.96. The van der Waals surface area contributed by atoms with E-state index in [4.69, 9.17) is 0 Å². The number of nitrogens with zero attached hydrogens (tertiary/aromatic N) is 2. The summed E-state index contributed by atoms with van der Waals surface area (Å²) in [6, 6.07) is 9.34. The molecule has 4 rings (SSSR count). The van der Waals surface area contributed by atoms with E-state index in [0.29, 0.717) is 12.1 Å². The third-order valence-corrected chi connectivity index (χ3v) is 5.29. The Bertz CT molecular complexity index is 1100. The number of aliphatic hydroxyl groups is 1. The highest BCUT2D eigenvalue weighted by Gasteiger charge is 2.61. The van der Waals surface area contributed by atoms with Crippen LogP contribution in [-0.4, -0.2) is 26.9 Å². The second kappa shape index (κ2) is 7.15. The van der Waals surface area contributed by atoms with Crippen molar-refractivity contribution >= 4 is 22.5 Å². The van der Waals surface area contributed by atoms with Crippen molar-refractivity contribution in [2.24, 2.45) is 5.92 Å². The topological polar surface area (TPSA) is 75.1 Å². The Morgan fingerprint density at radius 3 is 2.66 bits per heavy atom. The summed E-state index contributed by atoms with van der Waals surface area (Å²) >= 11 is 0. The molecule has 3 aromatic rings. The normalized spacial score (nSPS) is 18.4. The van der Waals surface area contributed by atoms with Gasteiger partial charge in [-0.25, -0.2) is 13.8 Å². The summed E-state index contributed by atoms with van der Waals surface area (Å²) in [5, 5.41) is 14.1. The first-order chi connectivity index (χ1) is 13.8. The summed E-state index contributed by atoms with van der Waals surface area (Å²) in [5.41, 5.74) is 3.56. The molecule has 0 bridgehead atoms. The minimum absolute atomic E-state index is 0.258. The van der Waals surface area contributed by atoms with Gasteiger partial charge >= 0.3 is 0 Å². The maximum atomic E-state index is 13.0. The molecular weight excluding hydrogens is 376 g/mol. The number of hydrogen-bond acceptors (Lipinski definition) is 4. The van der Waals surface area contributed by atoms with Gasteiger partial charge in [0.05, 0.1) is 11.8 Å². The number of carbonyl (C=O) groups excluding carboxylic acids is 1. The van der Waals surface area contributed by atoms with Crippen LogP contribution >= 0.6 is 0 Å². The van der Waals surface area contributed by atoms with Crippen LogP contribution in [0.3, 0.4) is 0 Å². The standard InChI is InChI=1S/C22H21F2N3O2/c1-3-19(28)18-6-12(2)16(11-25-18)14-5-4-13-8-20(26-10-15(13)7-14)27-21(29)17-9-22(17,23)24/h4-8,10-11,17,19,28H,3,9H2,1-2H3,(H,26,27,29)/t17-,19-/m1/s1. The lowest BCUT2D eigenvalue weighted by molar-refractivity contribution is -0.119. The number of halogens is 2. The lowest BCUT2D eigenvalue weighted by Gasteiger charge is -2.12. The van der Waals surface area contributed by atoms with Gasteiger partial charge in [0.2, 0.25) is 5.91 Å². The number of rotatable bonds is 5. The smallest absolute Gasteiger partial charge is 0.260 e. The molecule has 2 heterocycles. The maximum Gasteiger partial charge on any atom is 0.260 e. The van der Waals surface area contributed by atoms with Gasteiger partial charge in [-0.15, -0.1) is 0 Å². The number of aliphatic hydroxyl groups excluding tert-OH is 1. The van der Waals surface area contributed by atoms with E-state index in [9.17, 15) is 18.7 Å². The Hall–Kier alpha value is -2.93. The van der Waals surface area contributed by atoms with Crippen molar-refractivity contribution in [2.45, 2.75) is 38.7 Å². The summed E-state index contributed by atoms with van der Waals surface area (Å²) in [7, 11) is 0. The average Bonchev–Trinajstić information content (AvgIpc) is 3.35. The fraction of sp³-hybridized carbons (Fsp3) is 0.318. The van der Waals surface area contributed by atoms with Gasteiger partial charge < -0.3 is 10.4 Å². The van der Waals surface area contributed by atoms with Gasteiger partial charge in [-0.1, -0.05) is 19.1 Å². The third kappa shape index (κ3) is 3.82. The largest absolute Gasteiger partial charge is 0.387 e. The van der Waals surface area contributed by atoms with Crippen molar-refractivity contribution in [3.8, 4) is 11.1 Å². The fourth-order valence-electron chi connectivity index (χ4n) is 3.36. The molecule has 1 amide bonds. The molecule has 1 aliphatic rings. The van der Waals surface area contributed by atoms with Crippen LogP contribution in [0.5, 0.6) is 0 Å². The Labute approximate surface area is 166 Å². The first-order valence-electron chi connectivity index (χ1n) is 9.52. The molecule has 0 unspecified atom stereocenters. The predicted octanol–water partition coefficient (Wildman–Crippen LogP) is 4.64. The Kier molecular flexibility index (Phi) is 4.78. The van der Waals surface area contributed by atoms with Crippen LogP contribution in [0.2, 0.25) is 0 Å². The van der Waals surface area contributed by atoms with Crippen LogP contribution < -0.4 is 5.32 Å². The molecule has 150 valence electrons. The van der Waals surface area contributed by atoms with Crippen LogP contribution in [0.1, 0.15) is 37.1 Å². The zero-order chi connectivity index (χ0) is 20.8. The summed E-state index contributed by atoms with van der Waals surface area (Å²) in [4.78, 5) is 20.4. The molecule has 7 heteroatoms. The maximum absolute atomic E-state index is 13.0. The lowest BCUT2D eigenvalue weighted by Crippen LogP contribution is -2.18. The molecule has 1 aliphatic carbocycles. The van der Waals surface area contributed by atoms with Gasteiger partial charge in [-0.05, 0) is 48.1 Å². The van der Waals surface area contributed by atoms with Crippen molar-refractivity contribution in [3.63, 3.8) is 0 Å². The zero-order valence-corrected chi connectivity index (χ0v) is 16.1. The number of aromatic nitrogens is 2. The Morgan fingerprint density at radius 2 is 2.00 bits per heavy atom. The number of carbonyl (C=O) groups is 1. The van der Waals surface area contributed by atoms with E-state index in [-0.39, 0.29) is 5.82 Å². The van der Waals surface area contributed by atoms with E-state index >= 15 is 0 Å². The summed E-state index contributed by atoms with van der Waals surface area (Å²) in [6.07, 6.45) is 2.98. The minimum Gasteiger partial charge on any atom is -0.387 e. The summed E-state index contributed by atoms with van der Waals surface area (Å²) < 4.78 is 26.1. The Balaban J connectivity index is 1.58. The first kappa shape index (κ1) is 19.4. The van der Waals surface area contributed by atoms with Crippen LogP contribution in [0, 0.1) is 12.8 Å². The molecule has 0 spiro atoms. The van der Waals surface area contributed by atoms with Gasteiger partial charge in [0.15, 0.2) is 0 Å². The van der Waals surface area contributed by atoms with Crippen molar-refractivity contribution in [1.29, 1.82) is 0 Å². The Morgan fingerprint density at radius 1 is 1.24 bits per heavy atom. The van der Waals surface area contributed by atoms with Gasteiger partial charge in [0.25, 0.3) is 5.92 Å². The second-order valence-electron chi connectivity index (χ2n) is 7.49. The van der Waals surface area contributed by atoms with Crippen LogP contribution in [0.4, 0.5) is 14.6 Å². The first-order valence-corrected chi connectivity index (χ1v) is 9.52. The number of fused-ring (bicyclic) bond motifs is 1. The second-order valence-corrected chi connectivity index (χ2v) is 7.49. The van der Waals surface area contributed by atoms with E-state index < -0.39 is 30.3 Å². The summed E-state index contributed by atoms with van der Waals surface area (Å²) in [5.74, 6) is -4.60. The number of amides is 1. The van der Waals surface area contributed by atoms with Gasteiger partial charge in [0.1, 0.15) is 11.7 Å². The molecule has 0 radical (unpaired) electrons. The molecule has 0 aliphatic heterocycles. The molecule has 0 saturated heterocycles. The molecule has 1 fully saturated rings. The van der Waals surface area contributed by atoms with Crippen molar-refractivity contribution in [3.05, 3.63) is 54.0 Å². The highest BCUT2D eigenvalue weighted by Crippen LogP contribution is 2.49. The van der Waals surface area contributed by atoms with E-state index in [2.05, 4.69) is 15.3 Å².